The molecule has 0 fully saturated rings. The Morgan fingerprint density at radius 2 is 1.56 bits per heavy atom. The lowest BCUT2D eigenvalue weighted by atomic mass is 10.2. The Hall–Kier alpha value is -3.00. The first-order chi connectivity index (χ1) is 12.0. The molecule has 0 unspecified atom stereocenters. The molecule has 3 N–H and O–H groups in total. The third-order valence-corrected chi connectivity index (χ3v) is 4.03. The number of nitrogens with one attached hydrogen (secondary N) is 3. The van der Waals surface area contributed by atoms with Gasteiger partial charge in [0.1, 0.15) is 0 Å². The van der Waals surface area contributed by atoms with Crippen molar-refractivity contribution in [1.29, 1.82) is 0 Å². The zero-order valence-electron chi connectivity index (χ0n) is 13.5. The average Bonchev–Trinajstić information content (AvgIpc) is 3.13. The van der Waals surface area contributed by atoms with E-state index in [0.717, 1.165) is 0 Å². The standard InChI is InChI=1S/C17H17N3O4S/c1-11(21)15(22)20-13-6-4-12(5-7-13)16(23)18-8-9-19-17(24)14-3-2-10-25-14/h2-7,10H,8-9H2,1H3,(H,18,23)(H,19,24)(H,20,22). The number of anilines is 1. The molecule has 130 valence electrons. The van der Waals surface area contributed by atoms with E-state index >= 15 is 0 Å². The number of carbonyl (C=O) groups is 4. The number of ketones is 1. The number of amides is 3. The van der Waals surface area contributed by atoms with Crippen LogP contribution in [0.25, 0.3) is 0 Å². The smallest absolute Gasteiger partial charge is 0.291 e. The largest absolute Gasteiger partial charge is 0.350 e. The highest BCUT2D eigenvalue weighted by atomic mass is 32.1. The zero-order chi connectivity index (χ0) is 18.2. The molecule has 0 bridgehead atoms. The van der Waals surface area contributed by atoms with Crippen LogP contribution in [0.5, 0.6) is 0 Å². The number of hydrogen-bond acceptors (Lipinski definition) is 5. The zero-order valence-corrected chi connectivity index (χ0v) is 14.3. The van der Waals surface area contributed by atoms with Gasteiger partial charge in [0.15, 0.2) is 0 Å². The molecule has 1 heterocycles. The molecule has 3 amide bonds. The second-order valence-electron chi connectivity index (χ2n) is 5.08. The summed E-state index contributed by atoms with van der Waals surface area (Å²) in [6, 6.07) is 9.67. The number of thiophene rings is 1. The Morgan fingerprint density at radius 1 is 0.920 bits per heavy atom. The van der Waals surface area contributed by atoms with Crippen LogP contribution in [-0.2, 0) is 9.59 Å². The summed E-state index contributed by atoms with van der Waals surface area (Å²) in [5.74, 6) is -1.77. The molecule has 0 saturated carbocycles. The van der Waals surface area contributed by atoms with Crippen LogP contribution in [0.15, 0.2) is 41.8 Å². The van der Waals surface area contributed by atoms with Crippen molar-refractivity contribution < 1.29 is 19.2 Å². The van der Waals surface area contributed by atoms with E-state index in [0.29, 0.717) is 29.2 Å². The fraction of sp³-hybridized carbons (Fsp3) is 0.176. The maximum Gasteiger partial charge on any atom is 0.291 e. The monoisotopic (exact) mass is 359 g/mol. The van der Waals surface area contributed by atoms with Crippen LogP contribution in [0.2, 0.25) is 0 Å². The summed E-state index contributed by atoms with van der Waals surface area (Å²) in [4.78, 5) is 46.5. The van der Waals surface area contributed by atoms with E-state index in [9.17, 15) is 19.2 Å². The summed E-state index contributed by atoms with van der Waals surface area (Å²) in [7, 11) is 0. The summed E-state index contributed by atoms with van der Waals surface area (Å²) in [6.45, 7) is 1.78. The minimum atomic E-state index is -0.710. The molecule has 2 rings (SSSR count). The van der Waals surface area contributed by atoms with Crippen molar-refractivity contribution in [2.45, 2.75) is 6.92 Å². The summed E-state index contributed by atoms with van der Waals surface area (Å²) in [5.41, 5.74) is 0.838. The van der Waals surface area contributed by atoms with Gasteiger partial charge >= 0.3 is 0 Å². The van der Waals surface area contributed by atoms with Crippen molar-refractivity contribution in [2.75, 3.05) is 18.4 Å². The highest BCUT2D eigenvalue weighted by Crippen LogP contribution is 2.10. The topological polar surface area (TPSA) is 104 Å². The maximum absolute atomic E-state index is 12.0. The molecule has 0 aliphatic carbocycles. The van der Waals surface area contributed by atoms with Gasteiger partial charge in [-0.25, -0.2) is 0 Å². The molecule has 0 atom stereocenters. The first kappa shape index (κ1) is 18.3. The highest BCUT2D eigenvalue weighted by molar-refractivity contribution is 7.12. The predicted molar refractivity (Wildman–Crippen MR) is 94.7 cm³/mol. The van der Waals surface area contributed by atoms with Gasteiger partial charge in [-0.3, -0.25) is 19.2 Å². The number of benzene rings is 1. The van der Waals surface area contributed by atoms with Gasteiger partial charge in [0, 0.05) is 31.3 Å². The van der Waals surface area contributed by atoms with Gasteiger partial charge in [0.25, 0.3) is 17.7 Å². The number of rotatable bonds is 7. The third kappa shape index (κ3) is 5.54. The maximum atomic E-state index is 12.0. The first-order valence-electron chi connectivity index (χ1n) is 7.49. The van der Waals surface area contributed by atoms with Crippen LogP contribution >= 0.6 is 11.3 Å². The Bertz CT molecular complexity index is 770. The molecule has 0 aliphatic rings. The van der Waals surface area contributed by atoms with Crippen molar-refractivity contribution >= 4 is 40.5 Å². The predicted octanol–water partition coefficient (Wildman–Crippen LogP) is 1.44. The van der Waals surface area contributed by atoms with Crippen molar-refractivity contribution in [2.24, 2.45) is 0 Å². The molecule has 0 saturated heterocycles. The van der Waals surface area contributed by atoms with Crippen molar-refractivity contribution in [3.05, 3.63) is 52.2 Å². The van der Waals surface area contributed by atoms with Gasteiger partial charge in [-0.15, -0.1) is 11.3 Å². The van der Waals surface area contributed by atoms with Gasteiger partial charge in [-0.05, 0) is 35.7 Å². The summed E-state index contributed by atoms with van der Waals surface area (Å²) < 4.78 is 0. The van der Waals surface area contributed by atoms with Crippen molar-refractivity contribution in [3.8, 4) is 0 Å². The molecule has 1 aromatic carbocycles. The lowest BCUT2D eigenvalue weighted by molar-refractivity contribution is -0.133. The van der Waals surface area contributed by atoms with Gasteiger partial charge in [0.05, 0.1) is 4.88 Å². The molecule has 8 heteroatoms. The van der Waals surface area contributed by atoms with Crippen LogP contribution < -0.4 is 16.0 Å². The van der Waals surface area contributed by atoms with Gasteiger partial charge in [-0.1, -0.05) is 6.07 Å². The van der Waals surface area contributed by atoms with E-state index in [1.807, 2.05) is 5.38 Å². The van der Waals surface area contributed by atoms with E-state index in [1.165, 1.54) is 42.5 Å². The summed E-state index contributed by atoms with van der Waals surface area (Å²) in [6.07, 6.45) is 0. The lowest BCUT2D eigenvalue weighted by Gasteiger charge is -2.07. The normalized spacial score (nSPS) is 9.96. The highest BCUT2D eigenvalue weighted by Gasteiger charge is 2.09. The molecular weight excluding hydrogens is 342 g/mol. The SMILES string of the molecule is CC(=O)C(=O)Nc1ccc(C(=O)NCCNC(=O)c2cccs2)cc1. The Kier molecular flexibility index (Phi) is 6.41. The molecule has 0 aliphatic heterocycles. The van der Waals surface area contributed by atoms with Crippen LogP contribution in [0.1, 0.15) is 27.0 Å². The molecule has 25 heavy (non-hydrogen) atoms. The minimum Gasteiger partial charge on any atom is -0.350 e. The van der Waals surface area contributed by atoms with Gasteiger partial charge in [-0.2, -0.15) is 0 Å². The van der Waals surface area contributed by atoms with Crippen molar-refractivity contribution in [3.63, 3.8) is 0 Å². The molecule has 1 aromatic heterocycles. The molecular formula is C17H17N3O4S. The fourth-order valence-electron chi connectivity index (χ4n) is 1.87. The van der Waals surface area contributed by atoms with Crippen LogP contribution in [0.4, 0.5) is 5.69 Å². The average molecular weight is 359 g/mol. The van der Waals surface area contributed by atoms with Gasteiger partial charge < -0.3 is 16.0 Å². The van der Waals surface area contributed by atoms with Crippen molar-refractivity contribution in [1.82, 2.24) is 10.6 Å². The first-order valence-corrected chi connectivity index (χ1v) is 8.37. The van der Waals surface area contributed by atoms with E-state index < -0.39 is 11.7 Å². The quantitative estimate of drug-likeness (QED) is 0.514. The van der Waals surface area contributed by atoms with E-state index in [-0.39, 0.29) is 11.8 Å². The van der Waals surface area contributed by atoms with Crippen LogP contribution in [-0.4, -0.2) is 36.6 Å². The summed E-state index contributed by atoms with van der Waals surface area (Å²) >= 11 is 1.35. The molecule has 0 radical (unpaired) electrons. The number of hydrogen-bond donors (Lipinski definition) is 3. The molecule has 0 spiro atoms. The fourth-order valence-corrected chi connectivity index (χ4v) is 2.51. The van der Waals surface area contributed by atoms with Crippen LogP contribution in [0, 0.1) is 0 Å². The number of carbonyl (C=O) groups excluding carboxylic acids is 4. The molecule has 7 nitrogen and oxygen atoms in total. The van der Waals surface area contributed by atoms with Gasteiger partial charge in [0.2, 0.25) is 5.78 Å². The third-order valence-electron chi connectivity index (χ3n) is 3.17. The van der Waals surface area contributed by atoms with Crippen LogP contribution in [0.3, 0.4) is 0 Å². The Balaban J connectivity index is 1.76. The molecule has 2 aromatic rings. The summed E-state index contributed by atoms with van der Waals surface area (Å²) in [5, 5.41) is 9.63. The lowest BCUT2D eigenvalue weighted by Crippen LogP contribution is -2.34. The Morgan fingerprint density at radius 3 is 2.12 bits per heavy atom. The van der Waals surface area contributed by atoms with E-state index in [1.54, 1.807) is 12.1 Å². The number of Topliss-reactive ketones (excluding diaryl/α,β-unsaturated/α-hetero) is 1. The Labute approximate surface area is 148 Å². The second kappa shape index (κ2) is 8.74. The van der Waals surface area contributed by atoms with E-state index in [4.69, 9.17) is 0 Å². The van der Waals surface area contributed by atoms with E-state index in [2.05, 4.69) is 16.0 Å². The second-order valence-corrected chi connectivity index (χ2v) is 6.02. The minimum absolute atomic E-state index is 0.171.